The van der Waals surface area contributed by atoms with Gasteiger partial charge in [0.2, 0.25) is 5.91 Å². The maximum absolute atomic E-state index is 11.9. The average Bonchev–Trinajstić information content (AvgIpc) is 2.46. The molecule has 1 aliphatic rings. The van der Waals surface area contributed by atoms with Crippen LogP contribution in [-0.4, -0.2) is 30.5 Å². The van der Waals surface area contributed by atoms with Gasteiger partial charge < -0.3 is 10.6 Å². The lowest BCUT2D eigenvalue weighted by molar-refractivity contribution is -0.385. The molecule has 2 rings (SSSR count). The summed E-state index contributed by atoms with van der Waals surface area (Å²) in [6, 6.07) is 6.32. The van der Waals surface area contributed by atoms with Crippen molar-refractivity contribution in [3.63, 3.8) is 0 Å². The van der Waals surface area contributed by atoms with E-state index in [9.17, 15) is 14.9 Å². The molecule has 1 aromatic carbocycles. The fraction of sp³-hybridized carbons (Fsp3) is 0.357. The molecule has 7 heteroatoms. The summed E-state index contributed by atoms with van der Waals surface area (Å²) in [4.78, 5) is 22.3. The zero-order valence-electron chi connectivity index (χ0n) is 11.5. The molecule has 6 nitrogen and oxygen atoms in total. The summed E-state index contributed by atoms with van der Waals surface area (Å²) in [6.07, 6.45) is 3.02. The maximum Gasteiger partial charge on any atom is 0.273 e. The van der Waals surface area contributed by atoms with Crippen LogP contribution in [0.25, 0.3) is 0 Å². The van der Waals surface area contributed by atoms with Gasteiger partial charge in [0, 0.05) is 24.7 Å². The van der Waals surface area contributed by atoms with Gasteiger partial charge in [-0.25, -0.2) is 0 Å². The maximum atomic E-state index is 11.9. The van der Waals surface area contributed by atoms with Crippen LogP contribution < -0.4 is 10.6 Å². The Morgan fingerprint density at radius 3 is 2.81 bits per heavy atom. The molecule has 1 heterocycles. The van der Waals surface area contributed by atoms with E-state index in [2.05, 4.69) is 16.7 Å². The minimum Gasteiger partial charge on any atom is -0.352 e. The van der Waals surface area contributed by atoms with Gasteiger partial charge in [-0.1, -0.05) is 29.8 Å². The van der Waals surface area contributed by atoms with Gasteiger partial charge >= 0.3 is 0 Å². The van der Waals surface area contributed by atoms with Gasteiger partial charge in [-0.3, -0.25) is 14.9 Å². The van der Waals surface area contributed by atoms with E-state index in [4.69, 9.17) is 0 Å². The number of carbonyl (C=O) groups is 1. The Kier molecular flexibility index (Phi) is 6.84. The van der Waals surface area contributed by atoms with Crippen molar-refractivity contribution in [1.82, 2.24) is 10.6 Å². The first-order valence-corrected chi connectivity index (χ1v) is 6.54. The van der Waals surface area contributed by atoms with E-state index in [0.717, 1.165) is 19.5 Å². The van der Waals surface area contributed by atoms with Crippen LogP contribution in [0.5, 0.6) is 0 Å². The van der Waals surface area contributed by atoms with Crippen molar-refractivity contribution in [2.24, 2.45) is 0 Å². The Hall–Kier alpha value is -1.92. The number of amides is 1. The fourth-order valence-corrected chi connectivity index (χ4v) is 2.12. The summed E-state index contributed by atoms with van der Waals surface area (Å²) in [5.74, 6) is -0.196. The summed E-state index contributed by atoms with van der Waals surface area (Å²) in [5, 5.41) is 16.9. The number of para-hydroxylation sites is 1. The normalized spacial score (nSPS) is 13.8. The second-order valence-electron chi connectivity index (χ2n) is 4.66. The summed E-state index contributed by atoms with van der Waals surface area (Å²) < 4.78 is 0. The summed E-state index contributed by atoms with van der Waals surface area (Å²) in [7, 11) is 0. The molecule has 0 aromatic heterocycles. The van der Waals surface area contributed by atoms with Crippen molar-refractivity contribution in [2.45, 2.75) is 12.8 Å². The lowest BCUT2D eigenvalue weighted by Crippen LogP contribution is -2.30. The van der Waals surface area contributed by atoms with Crippen LogP contribution in [0.15, 0.2) is 35.9 Å². The molecule has 1 aromatic rings. The molecule has 0 unspecified atom stereocenters. The SMILES string of the molecule is Cl.O=C(Cc1ccccc1[N+](=O)[O-])NCC1=CCNCC1. The Balaban J connectivity index is 0.00000220. The number of carbonyl (C=O) groups excluding carboxylic acids is 1. The smallest absolute Gasteiger partial charge is 0.273 e. The van der Waals surface area contributed by atoms with Crippen LogP contribution in [0, 0.1) is 10.1 Å². The van der Waals surface area contributed by atoms with E-state index in [1.165, 1.54) is 11.6 Å². The third-order valence-electron chi connectivity index (χ3n) is 3.21. The van der Waals surface area contributed by atoms with Gasteiger partial charge in [-0.15, -0.1) is 12.4 Å². The highest BCUT2D eigenvalue weighted by Gasteiger charge is 2.15. The number of rotatable bonds is 5. The molecule has 21 heavy (non-hydrogen) atoms. The summed E-state index contributed by atoms with van der Waals surface area (Å²) in [6.45, 7) is 2.27. The van der Waals surface area contributed by atoms with Crippen molar-refractivity contribution in [1.29, 1.82) is 0 Å². The quantitative estimate of drug-likeness (QED) is 0.491. The van der Waals surface area contributed by atoms with Crippen LogP contribution in [0.1, 0.15) is 12.0 Å². The first kappa shape index (κ1) is 17.1. The van der Waals surface area contributed by atoms with Crippen molar-refractivity contribution < 1.29 is 9.72 Å². The highest BCUT2D eigenvalue weighted by molar-refractivity contribution is 5.85. The minimum absolute atomic E-state index is 0. The number of nitrogens with one attached hydrogen (secondary N) is 2. The second-order valence-corrected chi connectivity index (χ2v) is 4.66. The number of nitrogens with zero attached hydrogens (tertiary/aromatic N) is 1. The molecule has 0 aliphatic carbocycles. The van der Waals surface area contributed by atoms with Gasteiger partial charge in [0.15, 0.2) is 0 Å². The van der Waals surface area contributed by atoms with Crippen LogP contribution >= 0.6 is 12.4 Å². The number of nitro groups is 1. The zero-order chi connectivity index (χ0) is 14.4. The van der Waals surface area contributed by atoms with E-state index in [1.54, 1.807) is 18.2 Å². The zero-order valence-corrected chi connectivity index (χ0v) is 12.3. The van der Waals surface area contributed by atoms with Crippen LogP contribution in [0.4, 0.5) is 5.69 Å². The topological polar surface area (TPSA) is 84.3 Å². The Bertz CT molecular complexity index is 546. The predicted octanol–water partition coefficient (Wildman–Crippen LogP) is 1.60. The lowest BCUT2D eigenvalue weighted by atomic mass is 10.1. The molecular formula is C14H18ClN3O3. The molecule has 0 radical (unpaired) electrons. The largest absolute Gasteiger partial charge is 0.352 e. The average molecular weight is 312 g/mol. The van der Waals surface area contributed by atoms with E-state index in [1.807, 2.05) is 0 Å². The predicted molar refractivity (Wildman–Crippen MR) is 82.6 cm³/mol. The van der Waals surface area contributed by atoms with Crippen molar-refractivity contribution in [3.8, 4) is 0 Å². The van der Waals surface area contributed by atoms with E-state index in [-0.39, 0.29) is 30.4 Å². The van der Waals surface area contributed by atoms with E-state index < -0.39 is 4.92 Å². The number of halogens is 1. The molecule has 2 N–H and O–H groups in total. The molecule has 0 saturated carbocycles. The monoisotopic (exact) mass is 311 g/mol. The van der Waals surface area contributed by atoms with Gasteiger partial charge in [-0.05, 0) is 13.0 Å². The number of hydrogen-bond donors (Lipinski definition) is 2. The summed E-state index contributed by atoms with van der Waals surface area (Å²) in [5.41, 5.74) is 1.62. The molecule has 0 fully saturated rings. The first-order valence-electron chi connectivity index (χ1n) is 6.54. The van der Waals surface area contributed by atoms with E-state index in [0.29, 0.717) is 12.1 Å². The third-order valence-corrected chi connectivity index (χ3v) is 3.21. The number of nitro benzene ring substituents is 1. The van der Waals surface area contributed by atoms with Crippen LogP contribution in [-0.2, 0) is 11.2 Å². The number of hydrogen-bond acceptors (Lipinski definition) is 4. The molecule has 0 bridgehead atoms. The van der Waals surface area contributed by atoms with Crippen LogP contribution in [0.3, 0.4) is 0 Å². The molecule has 0 spiro atoms. The Labute approximate surface area is 129 Å². The lowest BCUT2D eigenvalue weighted by Gasteiger charge is -2.14. The van der Waals surface area contributed by atoms with E-state index >= 15 is 0 Å². The van der Waals surface area contributed by atoms with Crippen LogP contribution in [0.2, 0.25) is 0 Å². The first-order chi connectivity index (χ1) is 9.66. The van der Waals surface area contributed by atoms with Gasteiger partial charge in [0.1, 0.15) is 0 Å². The minimum atomic E-state index is -0.460. The second kappa shape index (κ2) is 8.39. The third kappa shape index (κ3) is 5.17. The molecule has 1 aliphatic heterocycles. The number of benzene rings is 1. The highest BCUT2D eigenvalue weighted by Crippen LogP contribution is 2.17. The summed E-state index contributed by atoms with van der Waals surface area (Å²) >= 11 is 0. The molecule has 0 saturated heterocycles. The molecule has 0 atom stereocenters. The Morgan fingerprint density at radius 2 is 2.14 bits per heavy atom. The van der Waals surface area contributed by atoms with Crippen molar-refractivity contribution >= 4 is 24.0 Å². The van der Waals surface area contributed by atoms with Crippen molar-refractivity contribution in [2.75, 3.05) is 19.6 Å². The fourth-order valence-electron chi connectivity index (χ4n) is 2.12. The van der Waals surface area contributed by atoms with Gasteiger partial charge in [0.25, 0.3) is 5.69 Å². The molecule has 114 valence electrons. The van der Waals surface area contributed by atoms with Gasteiger partial charge in [0.05, 0.1) is 11.3 Å². The van der Waals surface area contributed by atoms with Gasteiger partial charge in [-0.2, -0.15) is 0 Å². The molecular weight excluding hydrogens is 294 g/mol. The van der Waals surface area contributed by atoms with Crippen molar-refractivity contribution in [3.05, 3.63) is 51.6 Å². The Morgan fingerprint density at radius 1 is 1.38 bits per heavy atom. The highest BCUT2D eigenvalue weighted by atomic mass is 35.5. The standard InChI is InChI=1S/C14H17N3O3.ClH/c18-14(16-10-11-5-7-15-8-6-11)9-12-3-1-2-4-13(12)17(19)20;/h1-5,15H,6-10H2,(H,16,18);1H. The molecule has 1 amide bonds.